The zero-order valence-corrected chi connectivity index (χ0v) is 20.3. The summed E-state index contributed by atoms with van der Waals surface area (Å²) in [6.07, 6.45) is 7.07. The minimum atomic E-state index is -0.531. The normalized spacial score (nSPS) is 13.1. The number of fused-ring (bicyclic) bond motifs is 1. The number of hydrogen-bond donors (Lipinski definition) is 2. The molecule has 1 aliphatic carbocycles. The molecule has 3 aromatic heterocycles. The molecule has 178 valence electrons. The summed E-state index contributed by atoms with van der Waals surface area (Å²) in [4.78, 5) is 43.8. The molecule has 1 fully saturated rings. The van der Waals surface area contributed by atoms with Crippen LogP contribution < -0.4 is 16.2 Å². The molecule has 1 saturated carbocycles. The number of nitrogens with zero attached hydrogens (tertiary/aromatic N) is 3. The largest absolute Gasteiger partial charge is 0.355 e. The Morgan fingerprint density at radius 2 is 1.89 bits per heavy atom. The number of benzene rings is 1. The quantitative estimate of drug-likeness (QED) is 0.417. The van der Waals surface area contributed by atoms with Crippen molar-refractivity contribution >= 4 is 34.7 Å². The van der Waals surface area contributed by atoms with E-state index in [2.05, 4.69) is 50.8 Å². The van der Waals surface area contributed by atoms with Gasteiger partial charge in [0.15, 0.2) is 0 Å². The van der Waals surface area contributed by atoms with Crippen LogP contribution in [-0.4, -0.2) is 38.4 Å². The van der Waals surface area contributed by atoms with Gasteiger partial charge in [-0.05, 0) is 62.0 Å². The lowest BCUT2D eigenvalue weighted by molar-refractivity contribution is 0.0950. The zero-order valence-electron chi connectivity index (χ0n) is 19.4. The van der Waals surface area contributed by atoms with Crippen LogP contribution in [0.3, 0.4) is 0 Å². The first kappa shape index (κ1) is 22.9. The van der Waals surface area contributed by atoms with E-state index in [4.69, 9.17) is 0 Å². The van der Waals surface area contributed by atoms with Gasteiger partial charge in [-0.2, -0.15) is 0 Å². The Morgan fingerprint density at radius 1 is 1.11 bits per heavy atom. The average molecular weight is 488 g/mol. The maximum absolute atomic E-state index is 13.1. The van der Waals surface area contributed by atoms with E-state index < -0.39 is 11.5 Å². The van der Waals surface area contributed by atoms with E-state index in [0.717, 1.165) is 28.6 Å². The molecule has 35 heavy (non-hydrogen) atoms. The summed E-state index contributed by atoms with van der Waals surface area (Å²) in [6.45, 7) is 2.18. The van der Waals surface area contributed by atoms with Gasteiger partial charge in [0.2, 0.25) is 0 Å². The highest BCUT2D eigenvalue weighted by molar-refractivity contribution is 7.98. The van der Waals surface area contributed by atoms with Crippen LogP contribution in [0.25, 0.3) is 10.9 Å². The summed E-state index contributed by atoms with van der Waals surface area (Å²) < 4.78 is 3.45. The summed E-state index contributed by atoms with van der Waals surface area (Å²) in [5.41, 5.74) is 2.57. The highest BCUT2D eigenvalue weighted by atomic mass is 32.2. The molecule has 2 amide bonds. The number of carbonyl (C=O) groups excluding carboxylic acids is 2. The van der Waals surface area contributed by atoms with Crippen molar-refractivity contribution < 1.29 is 9.59 Å². The number of aromatic nitrogens is 3. The molecule has 0 radical (unpaired) electrons. The van der Waals surface area contributed by atoms with Crippen molar-refractivity contribution in [2.24, 2.45) is 0 Å². The maximum atomic E-state index is 13.1. The lowest BCUT2D eigenvalue weighted by Gasteiger charge is -2.12. The number of pyridine rings is 2. The Morgan fingerprint density at radius 3 is 2.60 bits per heavy atom. The van der Waals surface area contributed by atoms with E-state index in [1.807, 2.05) is 18.3 Å². The maximum Gasteiger partial charge on any atom is 0.263 e. The summed E-state index contributed by atoms with van der Waals surface area (Å²) >= 11 is 1.59. The van der Waals surface area contributed by atoms with Crippen molar-refractivity contribution in [3.05, 3.63) is 93.8 Å². The molecular formula is C26H25N5O3S. The summed E-state index contributed by atoms with van der Waals surface area (Å²) in [5.74, 6) is -0.824. The van der Waals surface area contributed by atoms with Gasteiger partial charge in [0.1, 0.15) is 5.56 Å². The number of rotatable bonds is 7. The van der Waals surface area contributed by atoms with Crippen LogP contribution in [0.4, 0.5) is 0 Å². The number of hydrogen-bond acceptors (Lipinski definition) is 5. The molecule has 0 atom stereocenters. The van der Waals surface area contributed by atoms with Crippen molar-refractivity contribution in [2.75, 3.05) is 7.05 Å². The molecule has 1 aromatic carbocycles. The second-order valence-electron chi connectivity index (χ2n) is 8.64. The summed E-state index contributed by atoms with van der Waals surface area (Å²) in [6, 6.07) is 13.7. The Hall–Kier alpha value is -3.85. The van der Waals surface area contributed by atoms with Gasteiger partial charge in [0.05, 0.1) is 23.3 Å². The molecule has 4 aromatic rings. The molecule has 0 bridgehead atoms. The van der Waals surface area contributed by atoms with Crippen molar-refractivity contribution in [2.45, 2.75) is 37.2 Å². The number of aryl methyl sites for hydroxylation is 1. The van der Waals surface area contributed by atoms with Crippen LogP contribution in [0.5, 0.6) is 0 Å². The molecule has 9 heteroatoms. The van der Waals surface area contributed by atoms with E-state index in [1.165, 1.54) is 29.4 Å². The summed E-state index contributed by atoms with van der Waals surface area (Å²) in [5, 5.41) is 6.30. The highest BCUT2D eigenvalue weighted by Gasteiger charge is 2.25. The standard InChI is InChI=1S/C26H25N5O3S/c1-16-3-7-19(8-4-16)35-31-12-10-20-22(28-11-9-23(20)31)15-30-14-17(24(32)29-18-5-6-18)13-21(26(30)34)25(33)27-2/h3-4,7-14,18H,5-6,15H2,1-2H3,(H,27,33)(H,29,32). The SMILES string of the molecule is CNC(=O)c1cc(C(=O)NC2CC2)cn(Cc2nccc3c2ccn3Sc2ccc(C)cc2)c1=O. The first-order valence-corrected chi connectivity index (χ1v) is 12.2. The minimum Gasteiger partial charge on any atom is -0.355 e. The lowest BCUT2D eigenvalue weighted by atomic mass is 10.1. The van der Waals surface area contributed by atoms with Crippen LogP contribution >= 0.6 is 11.9 Å². The fourth-order valence-electron chi connectivity index (χ4n) is 3.85. The predicted molar refractivity (Wildman–Crippen MR) is 136 cm³/mol. The Bertz CT molecular complexity index is 1490. The Balaban J connectivity index is 1.50. The average Bonchev–Trinajstić information content (AvgIpc) is 3.58. The zero-order chi connectivity index (χ0) is 24.5. The van der Waals surface area contributed by atoms with E-state index in [0.29, 0.717) is 5.69 Å². The van der Waals surface area contributed by atoms with Crippen LogP contribution in [0.1, 0.15) is 44.8 Å². The van der Waals surface area contributed by atoms with Crippen molar-refractivity contribution in [1.82, 2.24) is 24.2 Å². The fraction of sp³-hybridized carbons (Fsp3) is 0.231. The molecule has 0 spiro atoms. The van der Waals surface area contributed by atoms with Gasteiger partial charge in [0, 0.05) is 42.0 Å². The van der Waals surface area contributed by atoms with Crippen LogP contribution in [0.2, 0.25) is 0 Å². The Labute approximate surface area is 206 Å². The highest BCUT2D eigenvalue weighted by Crippen LogP contribution is 2.28. The van der Waals surface area contributed by atoms with Gasteiger partial charge in [-0.25, -0.2) is 0 Å². The molecular weight excluding hydrogens is 462 g/mol. The van der Waals surface area contributed by atoms with Gasteiger partial charge in [-0.15, -0.1) is 0 Å². The lowest BCUT2D eigenvalue weighted by Crippen LogP contribution is -2.34. The fourth-order valence-corrected chi connectivity index (χ4v) is 4.72. The van der Waals surface area contributed by atoms with Crippen molar-refractivity contribution in [3.63, 3.8) is 0 Å². The first-order valence-electron chi connectivity index (χ1n) is 11.4. The molecule has 5 rings (SSSR count). The monoisotopic (exact) mass is 487 g/mol. The molecule has 0 aliphatic heterocycles. The van der Waals surface area contributed by atoms with Crippen LogP contribution in [-0.2, 0) is 6.54 Å². The second-order valence-corrected chi connectivity index (χ2v) is 9.69. The van der Waals surface area contributed by atoms with E-state index >= 15 is 0 Å². The number of carbonyl (C=O) groups is 2. The minimum absolute atomic E-state index is 0.0735. The summed E-state index contributed by atoms with van der Waals surface area (Å²) in [7, 11) is 1.46. The third-order valence-corrected chi connectivity index (χ3v) is 6.94. The molecule has 2 N–H and O–H groups in total. The van der Waals surface area contributed by atoms with Gasteiger partial charge in [-0.3, -0.25) is 23.3 Å². The Kier molecular flexibility index (Phi) is 6.17. The van der Waals surface area contributed by atoms with Gasteiger partial charge in [-0.1, -0.05) is 17.7 Å². The van der Waals surface area contributed by atoms with E-state index in [-0.39, 0.29) is 29.6 Å². The third-order valence-electron chi connectivity index (χ3n) is 5.94. The topological polar surface area (TPSA) is 98.0 Å². The molecule has 0 unspecified atom stereocenters. The van der Waals surface area contributed by atoms with Crippen molar-refractivity contribution in [3.8, 4) is 0 Å². The van der Waals surface area contributed by atoms with E-state index in [9.17, 15) is 14.4 Å². The smallest absolute Gasteiger partial charge is 0.263 e. The predicted octanol–water partition coefficient (Wildman–Crippen LogP) is 3.36. The van der Waals surface area contributed by atoms with Gasteiger partial charge >= 0.3 is 0 Å². The molecule has 8 nitrogen and oxygen atoms in total. The second kappa shape index (κ2) is 9.42. The molecule has 0 saturated heterocycles. The first-order chi connectivity index (χ1) is 16.9. The van der Waals surface area contributed by atoms with E-state index in [1.54, 1.807) is 18.1 Å². The third kappa shape index (κ3) is 4.85. The van der Waals surface area contributed by atoms with Gasteiger partial charge < -0.3 is 15.2 Å². The van der Waals surface area contributed by atoms with Crippen LogP contribution in [0.15, 0.2) is 70.7 Å². The van der Waals surface area contributed by atoms with Crippen LogP contribution in [0, 0.1) is 6.92 Å². The molecule has 1 aliphatic rings. The van der Waals surface area contributed by atoms with Crippen molar-refractivity contribution in [1.29, 1.82) is 0 Å². The number of amides is 2. The van der Waals surface area contributed by atoms with Gasteiger partial charge in [0.25, 0.3) is 17.4 Å². The number of nitrogens with one attached hydrogen (secondary N) is 2. The molecule has 3 heterocycles.